The number of nitro benzene ring substituents is 1. The van der Waals surface area contributed by atoms with Crippen LogP contribution in [0.3, 0.4) is 0 Å². The van der Waals surface area contributed by atoms with Gasteiger partial charge in [0.15, 0.2) is 0 Å². The van der Waals surface area contributed by atoms with Gasteiger partial charge in [-0.3, -0.25) is 10.1 Å². The van der Waals surface area contributed by atoms with Crippen molar-refractivity contribution in [2.45, 2.75) is 159 Å². The number of aliphatic hydroxyl groups is 2. The smallest absolute Gasteiger partial charge is 0.273 e. The first-order valence-corrected chi connectivity index (χ1v) is 24.6. The predicted molar refractivity (Wildman–Crippen MR) is 248 cm³/mol. The number of rotatable bonds is 31. The first kappa shape index (κ1) is 48.6. The highest BCUT2D eigenvalue weighted by Crippen LogP contribution is 2.62. The fourth-order valence-electron chi connectivity index (χ4n) is 9.97. The average molecular weight is 863 g/mol. The quantitative estimate of drug-likeness (QED) is 0.0329. The van der Waals surface area contributed by atoms with Crippen molar-refractivity contribution in [2.75, 3.05) is 32.7 Å². The first-order valence-electron chi connectivity index (χ1n) is 23.6. The Labute approximate surface area is 370 Å². The Bertz CT molecular complexity index is 1700. The van der Waals surface area contributed by atoms with Crippen LogP contribution in [0.5, 0.6) is 17.2 Å². The summed E-state index contributed by atoms with van der Waals surface area (Å²) < 4.78 is 20.7. The van der Waals surface area contributed by atoms with E-state index in [9.17, 15) is 20.3 Å². The lowest BCUT2D eigenvalue weighted by Crippen LogP contribution is -2.64. The van der Waals surface area contributed by atoms with Crippen molar-refractivity contribution >= 4 is 23.2 Å². The number of hydrogen-bond donors (Lipinski definition) is 2. The molecule has 6 atom stereocenters. The molecule has 1 heterocycles. The van der Waals surface area contributed by atoms with Crippen LogP contribution in [0.15, 0.2) is 71.9 Å². The lowest BCUT2D eigenvalue weighted by molar-refractivity contribution is -0.384. The lowest BCUT2D eigenvalue weighted by atomic mass is 9.56. The summed E-state index contributed by atoms with van der Waals surface area (Å²) in [7, 11) is 1.61. The fraction of sp³-hybridized carbons (Fsp3) is 0.660. The molecule has 1 aliphatic heterocycles. The van der Waals surface area contributed by atoms with Crippen molar-refractivity contribution in [3.05, 3.63) is 82.4 Å². The molecule has 6 unspecified atom stereocenters. The number of aliphatic hydroxyl groups excluding tert-OH is 2. The maximum atomic E-state index is 11.6. The Balaban J connectivity index is 1.41. The second-order valence-corrected chi connectivity index (χ2v) is 18.6. The van der Waals surface area contributed by atoms with Crippen LogP contribution in [0.2, 0.25) is 0 Å². The Hall–Kier alpha value is -3.38. The van der Waals surface area contributed by atoms with Crippen molar-refractivity contribution in [3.63, 3.8) is 0 Å². The number of ether oxygens (including phenoxy) is 3. The monoisotopic (exact) mass is 863 g/mol. The van der Waals surface area contributed by atoms with Gasteiger partial charge in [0.1, 0.15) is 24.4 Å². The van der Waals surface area contributed by atoms with E-state index in [0.29, 0.717) is 30.9 Å². The third kappa shape index (κ3) is 13.6. The molecule has 2 N–H and O–H groups in total. The minimum absolute atomic E-state index is 0.0375. The molecule has 61 heavy (non-hydrogen) atoms. The number of unbranched alkanes of at least 4 members (excludes halogenated alkanes) is 15. The van der Waals surface area contributed by atoms with Crippen LogP contribution in [-0.2, 0) is 9.57 Å². The molecule has 0 amide bonds. The summed E-state index contributed by atoms with van der Waals surface area (Å²) in [6.07, 6.45) is 28.3. The molecule has 5 rings (SSSR count). The molecule has 0 aromatic heterocycles. The molecule has 0 spiro atoms. The number of allylic oxidation sites excluding steroid dienone is 1. The number of fused-ring (bicyclic) bond motifs is 2. The molecule has 1 fully saturated rings. The van der Waals surface area contributed by atoms with E-state index in [-0.39, 0.29) is 47.8 Å². The zero-order chi connectivity index (χ0) is 43.3. The fourth-order valence-corrected chi connectivity index (χ4v) is 11.4. The number of hydrogen-bond acceptors (Lipinski definition) is 10. The first-order chi connectivity index (χ1) is 29.9. The zero-order valence-corrected chi connectivity index (χ0v) is 37.9. The predicted octanol–water partition coefficient (Wildman–Crippen LogP) is 12.9. The van der Waals surface area contributed by atoms with Crippen LogP contribution in [0, 0.1) is 27.9 Å². The van der Waals surface area contributed by atoms with Gasteiger partial charge in [-0.2, -0.15) is 11.8 Å². The number of benzene rings is 2. The number of nitrogens with zero attached hydrogens (tertiary/aromatic N) is 2. The Morgan fingerprint density at radius 3 is 2.18 bits per heavy atom. The molecule has 338 valence electrons. The van der Waals surface area contributed by atoms with Gasteiger partial charge in [0, 0.05) is 37.2 Å². The maximum absolute atomic E-state index is 11.6. The van der Waals surface area contributed by atoms with Crippen LogP contribution in [0.4, 0.5) is 5.69 Å². The lowest BCUT2D eigenvalue weighted by Gasteiger charge is -2.58. The number of nitro groups is 1. The molecular weight excluding hydrogens is 789 g/mol. The summed E-state index contributed by atoms with van der Waals surface area (Å²) in [4.78, 5) is 16.7. The summed E-state index contributed by atoms with van der Waals surface area (Å²) in [5, 5.41) is 35.9. The summed E-state index contributed by atoms with van der Waals surface area (Å²) >= 11 is 1.92. The Morgan fingerprint density at radius 1 is 0.885 bits per heavy atom. The summed E-state index contributed by atoms with van der Waals surface area (Å²) in [6.45, 7) is 6.92. The van der Waals surface area contributed by atoms with Crippen LogP contribution in [0.25, 0.3) is 0 Å². The molecule has 2 aromatic carbocycles. The van der Waals surface area contributed by atoms with Gasteiger partial charge in [-0.1, -0.05) is 127 Å². The van der Waals surface area contributed by atoms with E-state index in [1.165, 1.54) is 95.6 Å². The average Bonchev–Trinajstić information content (AvgIpc) is 3.26. The highest BCUT2D eigenvalue weighted by molar-refractivity contribution is 8.00. The maximum Gasteiger partial charge on any atom is 0.273 e. The highest BCUT2D eigenvalue weighted by Gasteiger charge is 2.64. The minimum Gasteiger partial charge on any atom is -0.460 e. The molecule has 0 bridgehead atoms. The summed E-state index contributed by atoms with van der Waals surface area (Å²) in [6, 6.07) is 12.1. The van der Waals surface area contributed by atoms with Crippen LogP contribution >= 0.6 is 11.8 Å². The van der Waals surface area contributed by atoms with Gasteiger partial charge in [0.25, 0.3) is 5.69 Å². The molecule has 0 radical (unpaired) electrons. The van der Waals surface area contributed by atoms with Gasteiger partial charge in [-0.25, -0.2) is 0 Å². The number of thioether (sulfide) groups is 1. The largest absolute Gasteiger partial charge is 0.460 e. The van der Waals surface area contributed by atoms with Crippen molar-refractivity contribution < 1.29 is 34.2 Å². The molecule has 11 heteroatoms. The van der Waals surface area contributed by atoms with Gasteiger partial charge in [-0.05, 0) is 79.5 Å². The van der Waals surface area contributed by atoms with Gasteiger partial charge in [0.2, 0.25) is 5.79 Å². The molecule has 10 nitrogen and oxygen atoms in total. The van der Waals surface area contributed by atoms with Crippen LogP contribution in [0.1, 0.15) is 153 Å². The Kier molecular flexibility index (Phi) is 21.0. The van der Waals surface area contributed by atoms with E-state index in [0.717, 1.165) is 66.9 Å². The summed E-state index contributed by atoms with van der Waals surface area (Å²) in [5.41, 5.74) is 2.98. The van der Waals surface area contributed by atoms with Crippen molar-refractivity contribution in [1.29, 1.82) is 0 Å². The topological polar surface area (TPSA) is 133 Å². The second-order valence-electron chi connectivity index (χ2n) is 17.3. The number of non-ortho nitro benzene ring substituents is 1. The molecule has 2 aromatic rings. The van der Waals surface area contributed by atoms with E-state index >= 15 is 0 Å². The molecule has 2 aliphatic carbocycles. The third-order valence-electron chi connectivity index (χ3n) is 12.9. The SMILES string of the molecule is C=CCOC12Oc3ccc(Oc4cccc([N+](=O)[O-])c4)cc3C3C(CCCCO)C(CCCCO)C=C(C(=NOC)CC1SCCCCCCCCCCCCCCCC)C32. The standard InChI is InChI=1S/C50H74N2O8S/c1-4-6-7-8-9-10-11-12-13-14-15-16-17-22-33-61-47-37-45(51-57-3)43-34-38(24-18-20-30-53)42(27-19-21-31-54)48-44-36-41(59-40-26-23-25-39(35-40)52(55)56)28-29-46(44)60-50(47,49(43)48)58-32-5-2/h5,23,25-26,28-29,34-36,38,42,47-49,53-54H,2,4,6-22,24,27,30-33,37H2,1,3H3. The van der Waals surface area contributed by atoms with Gasteiger partial charge in [-0.15, -0.1) is 6.58 Å². The van der Waals surface area contributed by atoms with E-state index < -0.39 is 10.7 Å². The molecule has 0 saturated heterocycles. The van der Waals surface area contributed by atoms with Gasteiger partial charge in [0.05, 0.1) is 34.5 Å². The zero-order valence-electron chi connectivity index (χ0n) is 37.1. The van der Waals surface area contributed by atoms with E-state index in [1.54, 1.807) is 25.3 Å². The Morgan fingerprint density at radius 2 is 1.54 bits per heavy atom. The molecule has 3 aliphatic rings. The van der Waals surface area contributed by atoms with E-state index in [2.05, 4.69) is 19.6 Å². The minimum atomic E-state index is -1.02. The van der Waals surface area contributed by atoms with Crippen LogP contribution < -0.4 is 9.47 Å². The normalized spacial score (nSPS) is 23.4. The van der Waals surface area contributed by atoms with Crippen molar-refractivity contribution in [1.82, 2.24) is 0 Å². The van der Waals surface area contributed by atoms with Gasteiger partial charge < -0.3 is 29.3 Å². The van der Waals surface area contributed by atoms with Crippen molar-refractivity contribution in [3.8, 4) is 17.2 Å². The van der Waals surface area contributed by atoms with Crippen LogP contribution in [-0.4, -0.2) is 64.6 Å². The van der Waals surface area contributed by atoms with Gasteiger partial charge >= 0.3 is 0 Å². The second kappa shape index (κ2) is 26.3. The number of oxime groups is 1. The third-order valence-corrected chi connectivity index (χ3v) is 14.3. The summed E-state index contributed by atoms with van der Waals surface area (Å²) in [5.74, 6) is 1.71. The van der Waals surface area contributed by atoms with E-state index in [4.69, 9.17) is 24.2 Å². The van der Waals surface area contributed by atoms with E-state index in [1.807, 2.05) is 30.0 Å². The highest BCUT2D eigenvalue weighted by atomic mass is 32.2. The molecule has 1 saturated carbocycles. The van der Waals surface area contributed by atoms with Crippen molar-refractivity contribution in [2.24, 2.45) is 22.9 Å². The molecular formula is C50H74N2O8S.